The number of hydrogen-bond donors (Lipinski definition) is 1. The number of halogens is 1. The number of piperidine rings is 1. The van der Waals surface area contributed by atoms with Crippen molar-refractivity contribution < 1.29 is 9.90 Å². The van der Waals surface area contributed by atoms with Gasteiger partial charge in [-0.25, -0.2) is 0 Å². The molecule has 4 heteroatoms. The van der Waals surface area contributed by atoms with Gasteiger partial charge in [0.05, 0.1) is 6.10 Å². The minimum Gasteiger partial charge on any atom is -0.391 e. The maximum absolute atomic E-state index is 12.5. The third kappa shape index (κ3) is 2.75. The fraction of sp³-hybridized carbons (Fsp3) is 0.500. The lowest BCUT2D eigenvalue weighted by Crippen LogP contribution is -2.54. The van der Waals surface area contributed by atoms with Gasteiger partial charge in [0.25, 0.3) is 5.91 Å². The predicted octanol–water partition coefficient (Wildman–Crippen LogP) is 2.82. The molecule has 0 aliphatic carbocycles. The summed E-state index contributed by atoms with van der Waals surface area (Å²) in [5.41, 5.74) is 0.463. The quantitative estimate of drug-likeness (QED) is 0.866. The van der Waals surface area contributed by atoms with E-state index in [-0.39, 0.29) is 11.4 Å². The van der Waals surface area contributed by atoms with Crippen LogP contribution < -0.4 is 0 Å². The number of amides is 1. The normalized spacial score (nSPS) is 22.9. The van der Waals surface area contributed by atoms with Crippen LogP contribution in [0.3, 0.4) is 0 Å². The van der Waals surface area contributed by atoms with Crippen molar-refractivity contribution in [2.24, 2.45) is 0 Å². The lowest BCUT2D eigenvalue weighted by atomic mass is 9.88. The van der Waals surface area contributed by atoms with Crippen molar-refractivity contribution >= 4 is 21.8 Å². The summed E-state index contributed by atoms with van der Waals surface area (Å²) >= 11 is 3.37. The van der Waals surface area contributed by atoms with Gasteiger partial charge in [-0.1, -0.05) is 22.0 Å². The lowest BCUT2D eigenvalue weighted by molar-refractivity contribution is 0.00154. The van der Waals surface area contributed by atoms with Gasteiger partial charge >= 0.3 is 0 Å². The van der Waals surface area contributed by atoms with E-state index in [9.17, 15) is 9.90 Å². The van der Waals surface area contributed by atoms with Gasteiger partial charge in [-0.05, 0) is 44.9 Å². The molecule has 2 rings (SSSR count). The molecule has 1 fully saturated rings. The Morgan fingerprint density at radius 1 is 1.50 bits per heavy atom. The predicted molar refractivity (Wildman–Crippen MR) is 74.5 cm³/mol. The van der Waals surface area contributed by atoms with Crippen molar-refractivity contribution in [1.29, 1.82) is 0 Å². The number of nitrogens with zero attached hydrogens (tertiary/aromatic N) is 1. The number of hydrogen-bond acceptors (Lipinski definition) is 2. The number of aliphatic hydroxyl groups excluding tert-OH is 1. The van der Waals surface area contributed by atoms with E-state index in [2.05, 4.69) is 29.8 Å². The van der Waals surface area contributed by atoms with Gasteiger partial charge < -0.3 is 10.0 Å². The molecule has 0 spiro atoms. The lowest BCUT2D eigenvalue weighted by Gasteiger charge is -2.44. The number of aliphatic hydroxyl groups is 1. The molecule has 0 bridgehead atoms. The van der Waals surface area contributed by atoms with Crippen LogP contribution in [0, 0.1) is 0 Å². The van der Waals surface area contributed by atoms with Crippen molar-refractivity contribution in [3.8, 4) is 0 Å². The van der Waals surface area contributed by atoms with Crippen molar-refractivity contribution in [2.45, 2.75) is 38.3 Å². The molecule has 1 heterocycles. The fourth-order valence-electron chi connectivity index (χ4n) is 2.34. The minimum absolute atomic E-state index is 0.0138. The van der Waals surface area contributed by atoms with E-state index < -0.39 is 6.10 Å². The first-order valence-electron chi connectivity index (χ1n) is 6.16. The van der Waals surface area contributed by atoms with E-state index in [1.165, 1.54) is 0 Å². The highest BCUT2D eigenvalue weighted by atomic mass is 79.9. The molecule has 3 nitrogen and oxygen atoms in total. The smallest absolute Gasteiger partial charge is 0.254 e. The van der Waals surface area contributed by atoms with Crippen LogP contribution in [0.4, 0.5) is 0 Å². The van der Waals surface area contributed by atoms with Crippen LogP contribution >= 0.6 is 15.9 Å². The number of carbonyl (C=O) groups is 1. The number of carbonyl (C=O) groups excluding carboxylic acids is 1. The molecule has 0 saturated carbocycles. The summed E-state index contributed by atoms with van der Waals surface area (Å²) in [5, 5.41) is 9.76. The van der Waals surface area contributed by atoms with Crippen LogP contribution in [-0.4, -0.2) is 34.1 Å². The van der Waals surface area contributed by atoms with E-state index in [1.54, 1.807) is 4.90 Å². The van der Waals surface area contributed by atoms with E-state index in [4.69, 9.17) is 0 Å². The molecule has 98 valence electrons. The number of benzene rings is 1. The Bertz CT molecular complexity index is 459. The Kier molecular flexibility index (Phi) is 3.78. The molecule has 18 heavy (non-hydrogen) atoms. The average Bonchev–Trinajstić information content (AvgIpc) is 2.31. The molecule has 1 saturated heterocycles. The third-order valence-corrected chi connectivity index (χ3v) is 4.02. The molecular formula is C14H18BrNO2. The summed E-state index contributed by atoms with van der Waals surface area (Å²) in [6.07, 6.45) is 1.18. The molecule has 1 atom stereocenters. The summed E-state index contributed by atoms with van der Waals surface area (Å²) < 4.78 is 0.892. The number of rotatable bonds is 1. The van der Waals surface area contributed by atoms with Gasteiger partial charge in [0.15, 0.2) is 0 Å². The largest absolute Gasteiger partial charge is 0.391 e. The highest BCUT2D eigenvalue weighted by Gasteiger charge is 2.36. The Balaban J connectivity index is 2.26. The molecule has 1 aliphatic heterocycles. The van der Waals surface area contributed by atoms with Crippen molar-refractivity contribution in [3.63, 3.8) is 0 Å². The molecular weight excluding hydrogens is 294 g/mol. The van der Waals surface area contributed by atoms with Gasteiger partial charge in [0.1, 0.15) is 0 Å². The maximum Gasteiger partial charge on any atom is 0.254 e. The third-order valence-electron chi connectivity index (χ3n) is 3.53. The second-order valence-electron chi connectivity index (χ2n) is 5.43. The molecule has 1 aromatic carbocycles. The van der Waals surface area contributed by atoms with Crippen molar-refractivity contribution in [3.05, 3.63) is 34.3 Å². The van der Waals surface area contributed by atoms with E-state index in [0.717, 1.165) is 17.3 Å². The second kappa shape index (κ2) is 5.02. The van der Waals surface area contributed by atoms with Gasteiger partial charge in [0.2, 0.25) is 0 Å². The Hall–Kier alpha value is -0.870. The van der Waals surface area contributed by atoms with Gasteiger partial charge in [-0.2, -0.15) is 0 Å². The standard InChI is InChI=1S/C14H18BrNO2/c1-14(2)7-6-12(17)9-16(14)13(18)10-4-3-5-11(15)8-10/h3-5,8,12,17H,6-7,9H2,1-2H3. The SMILES string of the molecule is CC1(C)CCC(O)CN1C(=O)c1cccc(Br)c1. The molecule has 1 N–H and O–H groups in total. The molecule has 0 radical (unpaired) electrons. The average molecular weight is 312 g/mol. The van der Waals surface area contributed by atoms with Crippen LogP contribution in [0.15, 0.2) is 28.7 Å². The van der Waals surface area contributed by atoms with Crippen LogP contribution in [0.2, 0.25) is 0 Å². The summed E-state index contributed by atoms with van der Waals surface area (Å²) in [6, 6.07) is 7.38. The van der Waals surface area contributed by atoms with E-state index in [0.29, 0.717) is 12.1 Å². The molecule has 1 amide bonds. The van der Waals surface area contributed by atoms with Crippen LogP contribution in [0.25, 0.3) is 0 Å². The Morgan fingerprint density at radius 3 is 2.89 bits per heavy atom. The first-order valence-corrected chi connectivity index (χ1v) is 6.95. The van der Waals surface area contributed by atoms with Crippen molar-refractivity contribution in [1.82, 2.24) is 4.90 Å². The van der Waals surface area contributed by atoms with Crippen LogP contribution in [-0.2, 0) is 0 Å². The number of β-amino-alcohol motifs (C(OH)–C–C–N with tert-alkyl or cyclic N) is 1. The summed E-state index contributed by atoms with van der Waals surface area (Å²) in [6.45, 7) is 4.52. The Labute approximate surface area is 116 Å². The topological polar surface area (TPSA) is 40.5 Å². The fourth-order valence-corrected chi connectivity index (χ4v) is 2.74. The molecule has 0 aromatic heterocycles. The van der Waals surface area contributed by atoms with Gasteiger partial charge in [0, 0.05) is 22.1 Å². The van der Waals surface area contributed by atoms with Crippen LogP contribution in [0.5, 0.6) is 0 Å². The van der Waals surface area contributed by atoms with Crippen LogP contribution in [0.1, 0.15) is 37.0 Å². The zero-order valence-electron chi connectivity index (χ0n) is 10.7. The minimum atomic E-state index is -0.408. The maximum atomic E-state index is 12.5. The molecule has 1 aromatic rings. The zero-order valence-corrected chi connectivity index (χ0v) is 12.3. The number of likely N-dealkylation sites (tertiary alicyclic amines) is 1. The van der Waals surface area contributed by atoms with E-state index in [1.807, 2.05) is 24.3 Å². The second-order valence-corrected chi connectivity index (χ2v) is 6.35. The monoisotopic (exact) mass is 311 g/mol. The summed E-state index contributed by atoms with van der Waals surface area (Å²) in [4.78, 5) is 14.3. The zero-order chi connectivity index (χ0) is 13.3. The summed E-state index contributed by atoms with van der Waals surface area (Å²) in [5.74, 6) is -0.0138. The first-order chi connectivity index (χ1) is 8.40. The first kappa shape index (κ1) is 13.6. The van der Waals surface area contributed by atoms with Gasteiger partial charge in [-0.3, -0.25) is 4.79 Å². The Morgan fingerprint density at radius 2 is 2.22 bits per heavy atom. The highest BCUT2D eigenvalue weighted by molar-refractivity contribution is 9.10. The van der Waals surface area contributed by atoms with Gasteiger partial charge in [-0.15, -0.1) is 0 Å². The molecule has 1 unspecified atom stereocenters. The highest BCUT2D eigenvalue weighted by Crippen LogP contribution is 2.29. The summed E-state index contributed by atoms with van der Waals surface area (Å²) in [7, 11) is 0. The molecule has 1 aliphatic rings. The van der Waals surface area contributed by atoms with E-state index >= 15 is 0 Å². The van der Waals surface area contributed by atoms with Crippen molar-refractivity contribution in [2.75, 3.05) is 6.54 Å².